The minimum atomic E-state index is -0.490. The molecule has 0 aliphatic carbocycles. The molecule has 0 fully saturated rings. The van der Waals surface area contributed by atoms with Crippen LogP contribution in [-0.2, 0) is 6.54 Å². The number of para-hydroxylation sites is 1. The molecule has 0 bridgehead atoms. The Kier molecular flexibility index (Phi) is 3.91. The van der Waals surface area contributed by atoms with Crippen molar-refractivity contribution in [3.8, 4) is 11.5 Å². The largest absolute Gasteiger partial charge is 0.504 e. The van der Waals surface area contributed by atoms with Crippen LogP contribution in [0.2, 0.25) is 0 Å². The summed E-state index contributed by atoms with van der Waals surface area (Å²) in [6.45, 7) is 2.23. The molecule has 20 heavy (non-hydrogen) atoms. The molecule has 5 N–H and O–H groups in total. The first-order chi connectivity index (χ1) is 9.52. The molecule has 0 unspecified atom stereocenters. The van der Waals surface area contributed by atoms with Crippen LogP contribution in [0.25, 0.3) is 0 Å². The summed E-state index contributed by atoms with van der Waals surface area (Å²) in [6.07, 6.45) is 0. The van der Waals surface area contributed by atoms with Crippen molar-refractivity contribution in [3.05, 3.63) is 53.1 Å². The highest BCUT2D eigenvalue weighted by atomic mass is 16.3. The summed E-state index contributed by atoms with van der Waals surface area (Å²) in [5.74, 6) is -1.25. The number of carbonyl (C=O) groups excluding carboxylic acids is 1. The summed E-state index contributed by atoms with van der Waals surface area (Å²) in [4.78, 5) is 12.1. The van der Waals surface area contributed by atoms with Gasteiger partial charge in [0.25, 0.3) is 5.91 Å². The van der Waals surface area contributed by atoms with E-state index in [9.17, 15) is 15.0 Å². The summed E-state index contributed by atoms with van der Waals surface area (Å²) in [6, 6.07) is 9.77. The Morgan fingerprint density at radius 2 is 2.00 bits per heavy atom. The molecule has 0 saturated carbocycles. The standard InChI is InChI=1S/C15H16N2O3/c1-9-5-6-10(8-16)7-12(9)17-15(20)11-3-2-4-13(18)14(11)19/h2-7,18-19H,8,16H2,1H3,(H,17,20). The van der Waals surface area contributed by atoms with Gasteiger partial charge in [-0.3, -0.25) is 4.79 Å². The Hall–Kier alpha value is -2.53. The Morgan fingerprint density at radius 1 is 1.25 bits per heavy atom. The van der Waals surface area contributed by atoms with Gasteiger partial charge in [0.2, 0.25) is 0 Å². The van der Waals surface area contributed by atoms with E-state index in [1.807, 2.05) is 19.1 Å². The van der Waals surface area contributed by atoms with Crippen LogP contribution in [0.4, 0.5) is 5.69 Å². The molecule has 0 aliphatic rings. The smallest absolute Gasteiger partial charge is 0.259 e. The highest BCUT2D eigenvalue weighted by molar-refractivity contribution is 6.07. The Labute approximate surface area is 116 Å². The Morgan fingerprint density at radius 3 is 2.70 bits per heavy atom. The van der Waals surface area contributed by atoms with Crippen molar-refractivity contribution in [1.82, 2.24) is 0 Å². The third-order valence-corrected chi connectivity index (χ3v) is 3.05. The molecular weight excluding hydrogens is 256 g/mol. The number of benzene rings is 2. The zero-order chi connectivity index (χ0) is 14.7. The maximum absolute atomic E-state index is 12.1. The van der Waals surface area contributed by atoms with E-state index in [0.29, 0.717) is 12.2 Å². The van der Waals surface area contributed by atoms with Gasteiger partial charge in [-0.15, -0.1) is 0 Å². The Bertz CT molecular complexity index is 654. The number of nitrogens with two attached hydrogens (primary N) is 1. The average Bonchev–Trinajstić information content (AvgIpc) is 2.44. The lowest BCUT2D eigenvalue weighted by Crippen LogP contribution is -2.13. The van der Waals surface area contributed by atoms with Gasteiger partial charge in [-0.25, -0.2) is 0 Å². The quantitative estimate of drug-likeness (QED) is 0.643. The molecule has 2 aromatic carbocycles. The molecule has 0 saturated heterocycles. The first-order valence-corrected chi connectivity index (χ1v) is 6.15. The van der Waals surface area contributed by atoms with Crippen molar-refractivity contribution in [1.29, 1.82) is 0 Å². The highest BCUT2D eigenvalue weighted by Crippen LogP contribution is 2.29. The number of phenolic OH excluding ortho intramolecular Hbond substituents is 2. The predicted molar refractivity (Wildman–Crippen MR) is 76.8 cm³/mol. The highest BCUT2D eigenvalue weighted by Gasteiger charge is 2.14. The predicted octanol–water partition coefficient (Wildman–Crippen LogP) is 2.12. The lowest BCUT2D eigenvalue weighted by atomic mass is 10.1. The number of anilines is 1. The molecule has 5 heteroatoms. The number of amides is 1. The van der Waals surface area contributed by atoms with Crippen molar-refractivity contribution in [2.24, 2.45) is 5.73 Å². The molecule has 2 aromatic rings. The molecule has 2 rings (SSSR count). The first-order valence-electron chi connectivity index (χ1n) is 6.15. The van der Waals surface area contributed by atoms with Crippen molar-refractivity contribution < 1.29 is 15.0 Å². The van der Waals surface area contributed by atoms with Gasteiger partial charge in [0.05, 0.1) is 5.56 Å². The summed E-state index contributed by atoms with van der Waals surface area (Å²) in [5, 5.41) is 21.8. The van der Waals surface area contributed by atoms with E-state index >= 15 is 0 Å². The first kappa shape index (κ1) is 13.9. The van der Waals surface area contributed by atoms with E-state index in [0.717, 1.165) is 11.1 Å². The maximum atomic E-state index is 12.1. The summed E-state index contributed by atoms with van der Waals surface area (Å²) in [5.41, 5.74) is 7.99. The molecule has 0 atom stereocenters. The maximum Gasteiger partial charge on any atom is 0.259 e. The minimum absolute atomic E-state index is 0.0163. The van der Waals surface area contributed by atoms with Gasteiger partial charge in [-0.1, -0.05) is 18.2 Å². The molecule has 0 aromatic heterocycles. The number of nitrogens with one attached hydrogen (secondary N) is 1. The van der Waals surface area contributed by atoms with Crippen LogP contribution in [0.1, 0.15) is 21.5 Å². The molecule has 0 radical (unpaired) electrons. The van der Waals surface area contributed by atoms with Crippen LogP contribution in [-0.4, -0.2) is 16.1 Å². The van der Waals surface area contributed by atoms with Crippen molar-refractivity contribution in [3.63, 3.8) is 0 Å². The molecule has 5 nitrogen and oxygen atoms in total. The summed E-state index contributed by atoms with van der Waals surface area (Å²) in [7, 11) is 0. The second-order valence-corrected chi connectivity index (χ2v) is 4.48. The fourth-order valence-corrected chi connectivity index (χ4v) is 1.83. The number of hydrogen-bond donors (Lipinski definition) is 4. The zero-order valence-corrected chi connectivity index (χ0v) is 11.1. The molecule has 1 amide bonds. The normalized spacial score (nSPS) is 10.3. The zero-order valence-electron chi connectivity index (χ0n) is 11.1. The number of rotatable bonds is 3. The van der Waals surface area contributed by atoms with E-state index in [-0.39, 0.29) is 11.3 Å². The fourth-order valence-electron chi connectivity index (χ4n) is 1.83. The SMILES string of the molecule is Cc1ccc(CN)cc1NC(=O)c1cccc(O)c1O. The van der Waals surface area contributed by atoms with E-state index < -0.39 is 11.7 Å². The lowest BCUT2D eigenvalue weighted by molar-refractivity contribution is 0.102. The Balaban J connectivity index is 2.30. The average molecular weight is 272 g/mol. The topological polar surface area (TPSA) is 95.6 Å². The fraction of sp³-hybridized carbons (Fsp3) is 0.133. The van der Waals surface area contributed by atoms with Crippen LogP contribution in [0.3, 0.4) is 0 Å². The number of hydrogen-bond acceptors (Lipinski definition) is 4. The third-order valence-electron chi connectivity index (χ3n) is 3.05. The third kappa shape index (κ3) is 2.73. The summed E-state index contributed by atoms with van der Waals surface area (Å²) < 4.78 is 0. The summed E-state index contributed by atoms with van der Waals surface area (Å²) >= 11 is 0. The number of phenols is 2. The van der Waals surface area contributed by atoms with E-state index in [2.05, 4.69) is 5.32 Å². The van der Waals surface area contributed by atoms with Crippen LogP contribution < -0.4 is 11.1 Å². The van der Waals surface area contributed by atoms with Crippen LogP contribution in [0.15, 0.2) is 36.4 Å². The van der Waals surface area contributed by atoms with Crippen molar-refractivity contribution >= 4 is 11.6 Å². The van der Waals surface area contributed by atoms with Crippen LogP contribution in [0, 0.1) is 6.92 Å². The molecule has 0 spiro atoms. The second kappa shape index (κ2) is 5.63. The van der Waals surface area contributed by atoms with Gasteiger partial charge in [0.1, 0.15) is 0 Å². The molecule has 0 aliphatic heterocycles. The van der Waals surface area contributed by atoms with Gasteiger partial charge in [0, 0.05) is 12.2 Å². The lowest BCUT2D eigenvalue weighted by Gasteiger charge is -2.11. The number of aryl methyl sites for hydroxylation is 1. The molecule has 104 valence electrons. The number of carbonyl (C=O) groups is 1. The van der Waals surface area contributed by atoms with Gasteiger partial charge in [0.15, 0.2) is 11.5 Å². The van der Waals surface area contributed by atoms with Crippen LogP contribution >= 0.6 is 0 Å². The van der Waals surface area contributed by atoms with Gasteiger partial charge in [-0.05, 0) is 36.2 Å². The van der Waals surface area contributed by atoms with Gasteiger partial charge >= 0.3 is 0 Å². The van der Waals surface area contributed by atoms with E-state index in [1.165, 1.54) is 18.2 Å². The van der Waals surface area contributed by atoms with Gasteiger partial charge in [-0.2, -0.15) is 0 Å². The minimum Gasteiger partial charge on any atom is -0.504 e. The van der Waals surface area contributed by atoms with Gasteiger partial charge < -0.3 is 21.3 Å². The van der Waals surface area contributed by atoms with Crippen LogP contribution in [0.5, 0.6) is 11.5 Å². The second-order valence-electron chi connectivity index (χ2n) is 4.48. The van der Waals surface area contributed by atoms with Crippen molar-refractivity contribution in [2.75, 3.05) is 5.32 Å². The number of aromatic hydroxyl groups is 2. The molecular formula is C15H16N2O3. The van der Waals surface area contributed by atoms with E-state index in [1.54, 1.807) is 6.07 Å². The monoisotopic (exact) mass is 272 g/mol. The van der Waals surface area contributed by atoms with Crippen molar-refractivity contribution in [2.45, 2.75) is 13.5 Å². The molecule has 0 heterocycles. The van der Waals surface area contributed by atoms with E-state index in [4.69, 9.17) is 5.73 Å².